The van der Waals surface area contributed by atoms with Crippen molar-refractivity contribution in [2.24, 2.45) is 5.92 Å². The third-order valence-corrected chi connectivity index (χ3v) is 5.81. The molecular weight excluding hydrogens is 312 g/mol. The second kappa shape index (κ2) is 6.47. The van der Waals surface area contributed by atoms with Gasteiger partial charge in [-0.25, -0.2) is 0 Å². The number of rotatable bonds is 3. The summed E-state index contributed by atoms with van der Waals surface area (Å²) in [5, 5.41) is 15.0. The molecule has 0 saturated heterocycles. The zero-order valence-electron chi connectivity index (χ0n) is 12.3. The molecule has 0 saturated carbocycles. The SMILES string of the molecule is CC1CCc2c(sc(NC(=O)C=Cc3cccs3)c2C#N)C1. The van der Waals surface area contributed by atoms with Gasteiger partial charge in [-0.3, -0.25) is 4.79 Å². The third-order valence-electron chi connectivity index (χ3n) is 3.80. The van der Waals surface area contributed by atoms with Crippen molar-refractivity contribution in [3.05, 3.63) is 44.5 Å². The number of carbonyl (C=O) groups excluding carboxylic acids is 1. The molecule has 5 heteroatoms. The van der Waals surface area contributed by atoms with Crippen LogP contribution in [-0.2, 0) is 17.6 Å². The minimum Gasteiger partial charge on any atom is -0.313 e. The molecule has 1 amide bonds. The Morgan fingerprint density at radius 1 is 1.55 bits per heavy atom. The van der Waals surface area contributed by atoms with Crippen molar-refractivity contribution in [1.29, 1.82) is 5.26 Å². The van der Waals surface area contributed by atoms with Gasteiger partial charge in [0.25, 0.3) is 0 Å². The minimum absolute atomic E-state index is 0.184. The lowest BCUT2D eigenvalue weighted by Gasteiger charge is -2.17. The van der Waals surface area contributed by atoms with Crippen molar-refractivity contribution in [3.8, 4) is 6.07 Å². The van der Waals surface area contributed by atoms with Gasteiger partial charge in [-0.1, -0.05) is 13.0 Å². The minimum atomic E-state index is -0.184. The number of hydrogen-bond acceptors (Lipinski definition) is 4. The van der Waals surface area contributed by atoms with Crippen LogP contribution in [0.25, 0.3) is 6.08 Å². The monoisotopic (exact) mass is 328 g/mol. The summed E-state index contributed by atoms with van der Waals surface area (Å²) >= 11 is 3.14. The van der Waals surface area contributed by atoms with E-state index in [4.69, 9.17) is 0 Å². The molecule has 0 radical (unpaired) electrons. The van der Waals surface area contributed by atoms with Gasteiger partial charge >= 0.3 is 0 Å². The molecule has 2 aromatic rings. The highest BCUT2D eigenvalue weighted by Gasteiger charge is 2.24. The van der Waals surface area contributed by atoms with Crippen molar-refractivity contribution in [1.82, 2.24) is 0 Å². The number of fused-ring (bicyclic) bond motifs is 1. The van der Waals surface area contributed by atoms with Gasteiger partial charge < -0.3 is 5.32 Å². The van der Waals surface area contributed by atoms with E-state index in [1.54, 1.807) is 28.7 Å². The van der Waals surface area contributed by atoms with Crippen molar-refractivity contribution < 1.29 is 4.79 Å². The third kappa shape index (κ3) is 3.13. The van der Waals surface area contributed by atoms with Crippen LogP contribution in [0.15, 0.2) is 23.6 Å². The standard InChI is InChI=1S/C17H16N2OS2/c1-11-4-6-13-14(10-18)17(22-15(13)9-11)19-16(20)7-5-12-3-2-8-21-12/h2-3,5,7-8,11H,4,6,9H2,1H3,(H,19,20). The van der Waals surface area contributed by atoms with E-state index < -0.39 is 0 Å². The van der Waals surface area contributed by atoms with E-state index in [9.17, 15) is 10.1 Å². The van der Waals surface area contributed by atoms with E-state index in [1.165, 1.54) is 11.0 Å². The summed E-state index contributed by atoms with van der Waals surface area (Å²) in [4.78, 5) is 14.4. The molecule has 112 valence electrons. The molecular formula is C17H16N2OS2. The summed E-state index contributed by atoms with van der Waals surface area (Å²) in [6.07, 6.45) is 6.38. The summed E-state index contributed by atoms with van der Waals surface area (Å²) in [6.45, 7) is 2.23. The number of anilines is 1. The van der Waals surface area contributed by atoms with Gasteiger partial charge in [0.1, 0.15) is 11.1 Å². The number of nitrogens with zero attached hydrogens (tertiary/aromatic N) is 1. The molecule has 1 unspecified atom stereocenters. The molecule has 1 N–H and O–H groups in total. The quantitative estimate of drug-likeness (QED) is 0.846. The average Bonchev–Trinajstić information content (AvgIpc) is 3.11. The summed E-state index contributed by atoms with van der Waals surface area (Å²) in [7, 11) is 0. The first kappa shape index (κ1) is 15.0. The zero-order valence-corrected chi connectivity index (χ0v) is 13.9. The second-order valence-corrected chi connectivity index (χ2v) is 7.59. The molecule has 0 aromatic carbocycles. The Balaban J connectivity index is 1.78. The number of carbonyl (C=O) groups is 1. The topological polar surface area (TPSA) is 52.9 Å². The summed E-state index contributed by atoms with van der Waals surface area (Å²) in [5.74, 6) is 0.469. The Hall–Kier alpha value is -1.90. The van der Waals surface area contributed by atoms with Crippen molar-refractivity contribution in [2.45, 2.75) is 26.2 Å². The highest BCUT2D eigenvalue weighted by molar-refractivity contribution is 7.16. The van der Waals surface area contributed by atoms with Gasteiger partial charge in [0.2, 0.25) is 5.91 Å². The predicted octanol–water partition coefficient (Wildman–Crippen LogP) is 4.46. The van der Waals surface area contributed by atoms with E-state index in [2.05, 4.69) is 18.3 Å². The number of hydrogen-bond donors (Lipinski definition) is 1. The van der Waals surface area contributed by atoms with Gasteiger partial charge in [0.05, 0.1) is 5.56 Å². The molecule has 22 heavy (non-hydrogen) atoms. The van der Waals surface area contributed by atoms with Gasteiger partial charge in [0.15, 0.2) is 0 Å². The lowest BCUT2D eigenvalue weighted by Crippen LogP contribution is -2.10. The fraction of sp³-hybridized carbons (Fsp3) is 0.294. The van der Waals surface area contributed by atoms with Crippen LogP contribution >= 0.6 is 22.7 Å². The van der Waals surface area contributed by atoms with Crippen molar-refractivity contribution in [2.75, 3.05) is 5.32 Å². The maximum absolute atomic E-state index is 12.1. The van der Waals surface area contributed by atoms with Gasteiger partial charge in [-0.15, -0.1) is 22.7 Å². The molecule has 0 aliphatic heterocycles. The number of amides is 1. The smallest absolute Gasteiger partial charge is 0.249 e. The maximum Gasteiger partial charge on any atom is 0.249 e. The first-order chi connectivity index (χ1) is 10.7. The van der Waals surface area contributed by atoms with Crippen LogP contribution in [0.4, 0.5) is 5.00 Å². The van der Waals surface area contributed by atoms with E-state index in [0.717, 1.165) is 29.7 Å². The Morgan fingerprint density at radius 3 is 3.14 bits per heavy atom. The largest absolute Gasteiger partial charge is 0.313 e. The van der Waals surface area contributed by atoms with Gasteiger partial charge in [-0.2, -0.15) is 5.26 Å². The fourth-order valence-electron chi connectivity index (χ4n) is 2.65. The van der Waals surface area contributed by atoms with E-state index >= 15 is 0 Å². The lowest BCUT2D eigenvalue weighted by atomic mass is 9.89. The molecule has 0 bridgehead atoms. The molecule has 1 aliphatic rings. The van der Waals surface area contributed by atoms with Crippen LogP contribution in [0.3, 0.4) is 0 Å². The van der Waals surface area contributed by atoms with Crippen molar-refractivity contribution in [3.63, 3.8) is 0 Å². The van der Waals surface area contributed by atoms with Crippen LogP contribution in [0.2, 0.25) is 0 Å². The van der Waals surface area contributed by atoms with E-state index in [-0.39, 0.29) is 5.91 Å². The highest BCUT2D eigenvalue weighted by Crippen LogP contribution is 2.39. The van der Waals surface area contributed by atoms with E-state index in [1.807, 2.05) is 17.5 Å². The average molecular weight is 328 g/mol. The molecule has 1 aliphatic carbocycles. The molecule has 0 fully saturated rings. The van der Waals surface area contributed by atoms with Crippen LogP contribution < -0.4 is 5.32 Å². The Labute approximate surface area is 137 Å². The second-order valence-electron chi connectivity index (χ2n) is 5.51. The summed E-state index contributed by atoms with van der Waals surface area (Å²) in [6, 6.07) is 6.17. The van der Waals surface area contributed by atoms with Gasteiger partial charge in [-0.05, 0) is 48.3 Å². The highest BCUT2D eigenvalue weighted by atomic mass is 32.1. The number of nitrogens with one attached hydrogen (secondary N) is 1. The maximum atomic E-state index is 12.1. The Kier molecular flexibility index (Phi) is 4.41. The summed E-state index contributed by atoms with van der Waals surface area (Å²) in [5.41, 5.74) is 1.80. The lowest BCUT2D eigenvalue weighted by molar-refractivity contribution is -0.111. The number of nitriles is 1. The zero-order chi connectivity index (χ0) is 15.5. The molecule has 0 spiro atoms. The van der Waals surface area contributed by atoms with Crippen LogP contribution in [0.5, 0.6) is 0 Å². The van der Waals surface area contributed by atoms with Gasteiger partial charge in [0, 0.05) is 15.8 Å². The first-order valence-electron chi connectivity index (χ1n) is 7.24. The fourth-order valence-corrected chi connectivity index (χ4v) is 4.64. The molecule has 2 heterocycles. The first-order valence-corrected chi connectivity index (χ1v) is 8.94. The van der Waals surface area contributed by atoms with E-state index in [0.29, 0.717) is 16.5 Å². The molecule has 1 atom stereocenters. The predicted molar refractivity (Wildman–Crippen MR) is 92.2 cm³/mol. The van der Waals surface area contributed by atoms with Crippen LogP contribution in [-0.4, -0.2) is 5.91 Å². The molecule has 3 nitrogen and oxygen atoms in total. The Bertz CT molecular complexity index is 750. The summed E-state index contributed by atoms with van der Waals surface area (Å²) < 4.78 is 0. The number of thiophene rings is 2. The molecule has 3 rings (SSSR count). The normalized spacial score (nSPS) is 17.2. The Morgan fingerprint density at radius 2 is 2.41 bits per heavy atom. The van der Waals surface area contributed by atoms with Crippen LogP contribution in [0.1, 0.15) is 34.2 Å². The van der Waals surface area contributed by atoms with Crippen molar-refractivity contribution >= 4 is 39.7 Å². The van der Waals surface area contributed by atoms with Crippen LogP contribution in [0, 0.1) is 17.2 Å². The molecule has 2 aromatic heterocycles.